The molecule has 4 aromatic rings. The summed E-state index contributed by atoms with van der Waals surface area (Å²) in [5.41, 5.74) is 1.34. The van der Waals surface area contributed by atoms with Crippen molar-refractivity contribution in [3.8, 4) is 11.5 Å². The molecule has 2 aliphatic rings. The van der Waals surface area contributed by atoms with E-state index in [1.807, 2.05) is 28.9 Å². The number of aromatic nitrogens is 4. The van der Waals surface area contributed by atoms with Gasteiger partial charge in [-0.1, -0.05) is 11.2 Å². The highest BCUT2D eigenvalue weighted by molar-refractivity contribution is 5.96. The monoisotopic (exact) mass is 601 g/mol. The SMILES string of the molecule is CN1CC[C@@H](Nc2cccc3c2cc(-c2noc(CNC(=O)c4ccn(C(C)(C)C5CC5)c4)n2)n3CC(F)(F)F)[C@@H](F)C1. The molecule has 1 aliphatic heterocycles. The minimum atomic E-state index is -4.52. The maximum atomic E-state index is 14.8. The lowest BCUT2D eigenvalue weighted by Gasteiger charge is -2.33. The minimum Gasteiger partial charge on any atom is -0.379 e. The number of amides is 1. The van der Waals surface area contributed by atoms with Crippen LogP contribution in [0.15, 0.2) is 47.2 Å². The number of carbonyl (C=O) groups excluding carboxylic acids is 1. The van der Waals surface area contributed by atoms with Crippen LogP contribution in [0, 0.1) is 5.92 Å². The fraction of sp³-hybridized carbons (Fsp3) is 0.500. The summed E-state index contributed by atoms with van der Waals surface area (Å²) in [5, 5.41) is 10.4. The normalized spacial score (nSPS) is 20.1. The molecule has 1 saturated carbocycles. The highest BCUT2D eigenvalue weighted by Crippen LogP contribution is 2.44. The molecular weight excluding hydrogens is 566 g/mol. The summed E-state index contributed by atoms with van der Waals surface area (Å²) in [7, 11) is 1.85. The van der Waals surface area contributed by atoms with Crippen molar-refractivity contribution in [2.75, 3.05) is 25.5 Å². The van der Waals surface area contributed by atoms with Crippen LogP contribution < -0.4 is 10.6 Å². The summed E-state index contributed by atoms with van der Waals surface area (Å²) in [6.07, 6.45) is 0.959. The van der Waals surface area contributed by atoms with Crippen LogP contribution in [-0.2, 0) is 18.6 Å². The molecule has 1 saturated heterocycles. The lowest BCUT2D eigenvalue weighted by molar-refractivity contribution is -0.139. The van der Waals surface area contributed by atoms with Crippen LogP contribution in [-0.4, -0.2) is 68.6 Å². The second-order valence-corrected chi connectivity index (χ2v) is 12.2. The summed E-state index contributed by atoms with van der Waals surface area (Å²) in [4.78, 5) is 19.0. The lowest BCUT2D eigenvalue weighted by atomic mass is 9.99. The van der Waals surface area contributed by atoms with Crippen molar-refractivity contribution in [2.24, 2.45) is 5.92 Å². The van der Waals surface area contributed by atoms with Crippen molar-refractivity contribution in [3.63, 3.8) is 0 Å². The summed E-state index contributed by atoms with van der Waals surface area (Å²) in [5.74, 6) is 0.264. The number of nitrogens with one attached hydrogen (secondary N) is 2. The van der Waals surface area contributed by atoms with Gasteiger partial charge in [-0.15, -0.1) is 0 Å². The molecule has 13 heteroatoms. The number of hydrogen-bond acceptors (Lipinski definition) is 6. The zero-order valence-corrected chi connectivity index (χ0v) is 24.3. The molecular formula is C30H35F4N7O2. The molecule has 2 fully saturated rings. The summed E-state index contributed by atoms with van der Waals surface area (Å²) >= 11 is 0. The third kappa shape index (κ3) is 6.13. The Hall–Kier alpha value is -3.87. The first-order valence-corrected chi connectivity index (χ1v) is 14.5. The number of carbonyl (C=O) groups is 1. The molecule has 6 rings (SSSR count). The van der Waals surface area contributed by atoms with E-state index in [1.54, 1.807) is 30.3 Å². The van der Waals surface area contributed by atoms with Gasteiger partial charge in [0.25, 0.3) is 5.91 Å². The number of likely N-dealkylation sites (tertiary alicyclic amines) is 1. The Balaban J connectivity index is 1.22. The molecule has 43 heavy (non-hydrogen) atoms. The van der Waals surface area contributed by atoms with Crippen LogP contribution in [0.3, 0.4) is 0 Å². The molecule has 0 spiro atoms. The molecule has 2 atom stereocenters. The predicted octanol–water partition coefficient (Wildman–Crippen LogP) is 5.58. The van der Waals surface area contributed by atoms with Gasteiger partial charge in [-0.05, 0) is 70.3 Å². The summed E-state index contributed by atoms with van der Waals surface area (Å²) in [6, 6.07) is 7.79. The first-order chi connectivity index (χ1) is 20.4. The third-order valence-corrected chi connectivity index (χ3v) is 8.66. The van der Waals surface area contributed by atoms with E-state index in [0.29, 0.717) is 41.0 Å². The van der Waals surface area contributed by atoms with Crippen molar-refractivity contribution in [3.05, 3.63) is 54.2 Å². The van der Waals surface area contributed by atoms with Gasteiger partial charge in [0.2, 0.25) is 11.7 Å². The van der Waals surface area contributed by atoms with Crippen molar-refractivity contribution in [1.82, 2.24) is 29.5 Å². The van der Waals surface area contributed by atoms with Crippen molar-refractivity contribution in [2.45, 2.75) is 70.1 Å². The van der Waals surface area contributed by atoms with E-state index in [9.17, 15) is 22.4 Å². The zero-order chi connectivity index (χ0) is 30.5. The Morgan fingerprint density at radius 2 is 1.95 bits per heavy atom. The van der Waals surface area contributed by atoms with Crippen LogP contribution in [0.1, 0.15) is 49.4 Å². The fourth-order valence-corrected chi connectivity index (χ4v) is 5.94. The number of nitrogens with zero attached hydrogens (tertiary/aromatic N) is 5. The number of hydrogen-bond donors (Lipinski definition) is 2. The number of rotatable bonds is 9. The first kappa shape index (κ1) is 29.2. The average molecular weight is 602 g/mol. The smallest absolute Gasteiger partial charge is 0.379 e. The van der Waals surface area contributed by atoms with Crippen molar-refractivity contribution < 1.29 is 26.9 Å². The standard InChI is InChI=1S/C30H35F4N7O2/c1-29(2,19-7-8-19)40-12-9-18(15-40)28(42)35-14-26-37-27(38-43-26)25-13-20-22(36-23-10-11-39(3)16-21(23)31)5-4-6-24(20)41(25)17-30(32,33)34/h4-6,9,12-13,15,19,21,23,36H,7-8,10-11,14,16-17H2,1-3H3,(H,35,42)/t21-,23+/m0/s1. The lowest BCUT2D eigenvalue weighted by Crippen LogP contribution is -2.46. The quantitative estimate of drug-likeness (QED) is 0.243. The van der Waals surface area contributed by atoms with Crippen LogP contribution in [0.5, 0.6) is 0 Å². The first-order valence-electron chi connectivity index (χ1n) is 14.5. The van der Waals surface area contributed by atoms with Gasteiger partial charge in [-0.25, -0.2) is 4.39 Å². The van der Waals surface area contributed by atoms with Crippen LogP contribution in [0.4, 0.5) is 23.2 Å². The molecule has 1 aromatic carbocycles. The second-order valence-electron chi connectivity index (χ2n) is 12.2. The van der Waals surface area contributed by atoms with Crippen LogP contribution >= 0.6 is 0 Å². The zero-order valence-electron chi connectivity index (χ0n) is 24.3. The fourth-order valence-electron chi connectivity index (χ4n) is 5.94. The van der Waals surface area contributed by atoms with Gasteiger partial charge in [0.1, 0.15) is 12.7 Å². The van der Waals surface area contributed by atoms with E-state index in [0.717, 1.165) is 4.57 Å². The Bertz CT molecular complexity index is 1620. The van der Waals surface area contributed by atoms with E-state index >= 15 is 0 Å². The Morgan fingerprint density at radius 3 is 2.67 bits per heavy atom. The Labute approximate surface area is 246 Å². The number of halogens is 4. The van der Waals surface area contributed by atoms with E-state index in [2.05, 4.69) is 34.6 Å². The minimum absolute atomic E-state index is 0.0457. The summed E-state index contributed by atoms with van der Waals surface area (Å²) < 4.78 is 64.3. The van der Waals surface area contributed by atoms with Crippen LogP contribution in [0.2, 0.25) is 0 Å². The van der Waals surface area contributed by atoms with Gasteiger partial charge in [-0.3, -0.25) is 4.79 Å². The molecule has 4 heterocycles. The van der Waals surface area contributed by atoms with Gasteiger partial charge in [-0.2, -0.15) is 18.2 Å². The highest BCUT2D eigenvalue weighted by atomic mass is 19.4. The molecule has 0 unspecified atom stereocenters. The van der Waals surface area contributed by atoms with E-state index in [-0.39, 0.29) is 41.9 Å². The van der Waals surface area contributed by atoms with Gasteiger partial charge in [0.05, 0.1) is 29.4 Å². The predicted molar refractivity (Wildman–Crippen MR) is 153 cm³/mol. The largest absolute Gasteiger partial charge is 0.406 e. The van der Waals surface area contributed by atoms with Gasteiger partial charge < -0.3 is 29.2 Å². The third-order valence-electron chi connectivity index (χ3n) is 8.66. The number of piperidine rings is 1. The molecule has 0 radical (unpaired) electrons. The topological polar surface area (TPSA) is 93.2 Å². The maximum Gasteiger partial charge on any atom is 0.406 e. The van der Waals surface area contributed by atoms with E-state index in [1.165, 1.54) is 12.8 Å². The molecule has 9 nitrogen and oxygen atoms in total. The molecule has 230 valence electrons. The number of alkyl halides is 4. The van der Waals surface area contributed by atoms with Crippen LogP contribution in [0.25, 0.3) is 22.4 Å². The van der Waals surface area contributed by atoms with Gasteiger partial charge in [0.15, 0.2) is 0 Å². The average Bonchev–Trinajstić information content (AvgIpc) is 3.35. The maximum absolute atomic E-state index is 14.8. The Kier molecular flexibility index (Phi) is 7.47. The van der Waals surface area contributed by atoms with Gasteiger partial charge >= 0.3 is 6.18 Å². The molecule has 1 aliphatic carbocycles. The molecule has 0 bridgehead atoms. The number of benzene rings is 1. The second kappa shape index (κ2) is 11.0. The number of anilines is 1. The molecule has 3 aromatic heterocycles. The van der Waals surface area contributed by atoms with Crippen molar-refractivity contribution in [1.29, 1.82) is 0 Å². The summed E-state index contributed by atoms with van der Waals surface area (Å²) in [6.45, 7) is 3.92. The highest BCUT2D eigenvalue weighted by Gasteiger charge is 2.39. The molecule has 1 amide bonds. The van der Waals surface area contributed by atoms with E-state index < -0.39 is 24.9 Å². The van der Waals surface area contributed by atoms with Crippen molar-refractivity contribution >= 4 is 22.5 Å². The Morgan fingerprint density at radius 1 is 1.16 bits per heavy atom. The molecule has 2 N–H and O–H groups in total. The van der Waals surface area contributed by atoms with Gasteiger partial charge in [0, 0.05) is 42.1 Å². The number of fused-ring (bicyclic) bond motifs is 1. The van der Waals surface area contributed by atoms with E-state index in [4.69, 9.17) is 4.52 Å².